The molecule has 0 aromatic carbocycles. The second-order valence-corrected chi connectivity index (χ2v) is 1.39. The van der Waals surface area contributed by atoms with Crippen LogP contribution in [-0.2, 0) is 0 Å². The minimum atomic E-state index is -4.07. The number of carboxylic acid groups (broad SMARTS) is 2. The molecule has 2 N–H and O–H groups in total. The first kappa shape index (κ1) is 12.5. The Kier molecular flexibility index (Phi) is 6.32. The molecule has 0 saturated carbocycles. The van der Waals surface area contributed by atoms with Gasteiger partial charge in [-0.05, 0) is 0 Å². The van der Waals surface area contributed by atoms with E-state index in [0.717, 1.165) is 6.08 Å². The Hall–Kier alpha value is -1.20. The summed E-state index contributed by atoms with van der Waals surface area (Å²) in [5.74, 6) is 0. The second-order valence-electron chi connectivity index (χ2n) is 1.39. The monoisotopic (exact) mass is 172 g/mol. The first-order valence-corrected chi connectivity index (χ1v) is 2.39. The van der Waals surface area contributed by atoms with Crippen LogP contribution in [0.25, 0.3) is 0 Å². The van der Waals surface area contributed by atoms with E-state index in [0.29, 0.717) is 0 Å². The van der Waals surface area contributed by atoms with Gasteiger partial charge in [0.15, 0.2) is 0 Å². The van der Waals surface area contributed by atoms with Crippen LogP contribution in [-0.4, -0.2) is 22.5 Å². The third-order valence-electron chi connectivity index (χ3n) is 0.376. The molecule has 0 heterocycles. The number of halogens is 3. The Balaban J connectivity index is 0. The zero-order valence-electron chi connectivity index (χ0n) is 5.43. The molecule has 0 atom stereocenters. The molecule has 0 aliphatic rings. The van der Waals surface area contributed by atoms with Crippen molar-refractivity contribution in [3.8, 4) is 0 Å². The van der Waals surface area contributed by atoms with Gasteiger partial charge >= 0.3 is 12.3 Å². The molecule has 0 rings (SSSR count). The number of carbonyl (C=O) groups is 1. The van der Waals surface area contributed by atoms with Gasteiger partial charge in [0.1, 0.15) is 0 Å². The fraction of sp³-hybridized carbons (Fsp3) is 0.400. The maximum atomic E-state index is 11.0. The highest BCUT2D eigenvalue weighted by atomic mass is 19.4. The van der Waals surface area contributed by atoms with Crippen LogP contribution in [0.15, 0.2) is 12.7 Å². The molecule has 3 nitrogen and oxygen atoms in total. The van der Waals surface area contributed by atoms with E-state index in [2.05, 4.69) is 6.58 Å². The average Bonchev–Trinajstić information content (AvgIpc) is 1.58. The summed E-state index contributed by atoms with van der Waals surface area (Å²) in [4.78, 5) is 8.56. The Bertz CT molecular complexity index is 125. The highest BCUT2D eigenvalue weighted by Crippen LogP contribution is 2.18. The van der Waals surface area contributed by atoms with Gasteiger partial charge in [-0.15, -0.1) is 6.58 Å². The quantitative estimate of drug-likeness (QED) is 0.597. The van der Waals surface area contributed by atoms with Gasteiger partial charge in [-0.3, -0.25) is 0 Å². The SMILES string of the molecule is C=CCC(F)(F)F.O=C(O)O. The third kappa shape index (κ3) is 51.9. The van der Waals surface area contributed by atoms with Gasteiger partial charge in [-0.1, -0.05) is 6.08 Å². The summed E-state index contributed by atoms with van der Waals surface area (Å²) in [6.07, 6.45) is -5.96. The van der Waals surface area contributed by atoms with Crippen molar-refractivity contribution in [2.45, 2.75) is 12.6 Å². The lowest BCUT2D eigenvalue weighted by Gasteiger charge is -1.97. The first-order chi connectivity index (χ1) is 4.79. The van der Waals surface area contributed by atoms with Crippen LogP contribution in [0.1, 0.15) is 6.42 Å². The van der Waals surface area contributed by atoms with Crippen molar-refractivity contribution >= 4 is 6.16 Å². The van der Waals surface area contributed by atoms with Crippen LogP contribution in [0.4, 0.5) is 18.0 Å². The fourth-order valence-corrected chi connectivity index (χ4v) is 0.164. The summed E-state index contributed by atoms with van der Waals surface area (Å²) in [5.41, 5.74) is 0. The van der Waals surface area contributed by atoms with E-state index in [1.54, 1.807) is 0 Å². The molecule has 0 spiro atoms. The van der Waals surface area contributed by atoms with E-state index in [4.69, 9.17) is 15.0 Å². The molecule has 0 aliphatic carbocycles. The van der Waals surface area contributed by atoms with Crippen molar-refractivity contribution in [3.63, 3.8) is 0 Å². The smallest absolute Gasteiger partial charge is 0.450 e. The van der Waals surface area contributed by atoms with Gasteiger partial charge < -0.3 is 10.2 Å². The van der Waals surface area contributed by atoms with Gasteiger partial charge in [0.05, 0.1) is 6.42 Å². The second kappa shape index (κ2) is 5.57. The molecule has 0 saturated heterocycles. The molecule has 0 aromatic heterocycles. The standard InChI is InChI=1S/C4H5F3.CH2O3/c1-2-3-4(5,6)7;2-1(3)4/h2H,1,3H2;(H2,2,3,4). The highest BCUT2D eigenvalue weighted by Gasteiger charge is 2.23. The van der Waals surface area contributed by atoms with E-state index < -0.39 is 18.8 Å². The van der Waals surface area contributed by atoms with Crippen LogP contribution in [0.3, 0.4) is 0 Å². The van der Waals surface area contributed by atoms with Gasteiger partial charge in [0.2, 0.25) is 0 Å². The highest BCUT2D eigenvalue weighted by molar-refractivity contribution is 5.53. The average molecular weight is 172 g/mol. The summed E-state index contributed by atoms with van der Waals surface area (Å²) in [6, 6.07) is 0. The van der Waals surface area contributed by atoms with E-state index in [9.17, 15) is 13.2 Å². The summed E-state index contributed by atoms with van der Waals surface area (Å²) >= 11 is 0. The van der Waals surface area contributed by atoms with E-state index in [-0.39, 0.29) is 0 Å². The number of hydrogen-bond acceptors (Lipinski definition) is 1. The fourth-order valence-electron chi connectivity index (χ4n) is 0.164. The Morgan fingerprint density at radius 3 is 1.73 bits per heavy atom. The molecule has 0 aromatic rings. The van der Waals surface area contributed by atoms with Crippen molar-refractivity contribution in [2.24, 2.45) is 0 Å². The molecule has 0 bridgehead atoms. The molecule has 0 fully saturated rings. The summed E-state index contributed by atoms with van der Waals surface area (Å²) in [5, 5.41) is 13.9. The summed E-state index contributed by atoms with van der Waals surface area (Å²) in [6.45, 7) is 2.93. The van der Waals surface area contributed by atoms with Gasteiger partial charge in [0.25, 0.3) is 0 Å². The van der Waals surface area contributed by atoms with Gasteiger partial charge in [-0.2, -0.15) is 13.2 Å². The van der Waals surface area contributed by atoms with Gasteiger partial charge in [0, 0.05) is 0 Å². The zero-order valence-corrected chi connectivity index (χ0v) is 5.43. The van der Waals surface area contributed by atoms with Crippen molar-refractivity contribution in [2.75, 3.05) is 0 Å². The summed E-state index contributed by atoms with van der Waals surface area (Å²) < 4.78 is 33.0. The van der Waals surface area contributed by atoms with Crippen LogP contribution < -0.4 is 0 Å². The molecular weight excluding hydrogens is 165 g/mol. The maximum absolute atomic E-state index is 11.0. The number of allylic oxidation sites excluding steroid dienone is 1. The topological polar surface area (TPSA) is 57.5 Å². The third-order valence-corrected chi connectivity index (χ3v) is 0.376. The molecule has 0 aliphatic heterocycles. The van der Waals surface area contributed by atoms with Crippen molar-refractivity contribution in [1.29, 1.82) is 0 Å². The Labute approximate surface area is 60.8 Å². The Morgan fingerprint density at radius 2 is 1.73 bits per heavy atom. The van der Waals surface area contributed by atoms with Crippen molar-refractivity contribution in [1.82, 2.24) is 0 Å². The van der Waals surface area contributed by atoms with Gasteiger partial charge in [-0.25, -0.2) is 4.79 Å². The molecule has 0 amide bonds. The molecule has 0 unspecified atom stereocenters. The molecule has 0 radical (unpaired) electrons. The number of rotatable bonds is 1. The first-order valence-electron chi connectivity index (χ1n) is 2.39. The van der Waals surface area contributed by atoms with Crippen LogP contribution >= 0.6 is 0 Å². The van der Waals surface area contributed by atoms with Crippen LogP contribution in [0.5, 0.6) is 0 Å². The molecule has 11 heavy (non-hydrogen) atoms. The lowest BCUT2D eigenvalue weighted by atomic mass is 10.4. The molecule has 6 heteroatoms. The normalized spacial score (nSPS) is 9.36. The largest absolute Gasteiger partial charge is 0.503 e. The van der Waals surface area contributed by atoms with E-state index in [1.807, 2.05) is 0 Å². The lowest BCUT2D eigenvalue weighted by molar-refractivity contribution is -0.124. The zero-order chi connectivity index (χ0) is 9.49. The Morgan fingerprint density at radius 1 is 1.45 bits per heavy atom. The number of alkyl halides is 3. The lowest BCUT2D eigenvalue weighted by Crippen LogP contribution is -2.03. The molecule has 66 valence electrons. The van der Waals surface area contributed by atoms with Crippen LogP contribution in [0, 0.1) is 0 Å². The predicted molar refractivity (Wildman–Crippen MR) is 31.5 cm³/mol. The predicted octanol–water partition coefficient (Wildman–Crippen LogP) is 2.35. The minimum Gasteiger partial charge on any atom is -0.450 e. The van der Waals surface area contributed by atoms with Crippen LogP contribution in [0.2, 0.25) is 0 Å². The van der Waals surface area contributed by atoms with Crippen molar-refractivity contribution in [3.05, 3.63) is 12.7 Å². The summed E-state index contributed by atoms with van der Waals surface area (Å²) in [7, 11) is 0. The van der Waals surface area contributed by atoms with E-state index in [1.165, 1.54) is 0 Å². The number of hydrogen-bond donors (Lipinski definition) is 2. The van der Waals surface area contributed by atoms with E-state index >= 15 is 0 Å². The minimum absolute atomic E-state index is 0.833. The maximum Gasteiger partial charge on any atom is 0.503 e. The van der Waals surface area contributed by atoms with Crippen molar-refractivity contribution < 1.29 is 28.2 Å². The molecular formula is C5H7F3O3.